The third kappa shape index (κ3) is 0.967. The van der Waals surface area contributed by atoms with E-state index in [0.717, 1.165) is 11.2 Å². The lowest BCUT2D eigenvalue weighted by Gasteiger charge is -1.96. The highest BCUT2D eigenvalue weighted by Gasteiger charge is 2.02. The molecule has 0 aromatic carbocycles. The molecule has 4 nitrogen and oxygen atoms in total. The number of aromatic nitrogens is 3. The third-order valence-corrected chi connectivity index (χ3v) is 1.76. The molecule has 0 atom stereocenters. The van der Waals surface area contributed by atoms with Gasteiger partial charge in [0.1, 0.15) is 6.61 Å². The molecule has 0 saturated carbocycles. The number of hydrogen-bond donors (Lipinski definition) is 1. The average Bonchev–Trinajstić information content (AvgIpc) is 2.46. The van der Waals surface area contributed by atoms with Crippen LogP contribution in [0.3, 0.4) is 0 Å². The van der Waals surface area contributed by atoms with Gasteiger partial charge >= 0.3 is 0 Å². The third-order valence-electron chi connectivity index (χ3n) is 1.76. The SMILES string of the molecule is Cc1ccc2nnc(CO)n2c1. The highest BCUT2D eigenvalue weighted by molar-refractivity contribution is 5.38. The molecule has 0 bridgehead atoms. The number of nitrogens with zero attached hydrogens (tertiary/aromatic N) is 3. The van der Waals surface area contributed by atoms with E-state index in [1.807, 2.05) is 25.3 Å². The lowest BCUT2D eigenvalue weighted by atomic mass is 10.3. The van der Waals surface area contributed by atoms with Gasteiger partial charge in [-0.05, 0) is 18.6 Å². The fourth-order valence-electron chi connectivity index (χ4n) is 1.15. The second-order valence-corrected chi connectivity index (χ2v) is 2.71. The first-order valence-electron chi connectivity index (χ1n) is 3.72. The molecule has 2 heterocycles. The van der Waals surface area contributed by atoms with Gasteiger partial charge in [-0.25, -0.2) is 0 Å². The molecule has 0 aliphatic heterocycles. The van der Waals surface area contributed by atoms with Crippen LogP contribution < -0.4 is 0 Å². The predicted molar refractivity (Wildman–Crippen MR) is 43.6 cm³/mol. The zero-order valence-electron chi connectivity index (χ0n) is 6.73. The number of aryl methyl sites for hydroxylation is 1. The Labute approximate surface area is 69.5 Å². The number of pyridine rings is 1. The van der Waals surface area contributed by atoms with E-state index in [0.29, 0.717) is 5.82 Å². The second-order valence-electron chi connectivity index (χ2n) is 2.71. The summed E-state index contributed by atoms with van der Waals surface area (Å²) in [5.41, 5.74) is 1.89. The van der Waals surface area contributed by atoms with Gasteiger partial charge < -0.3 is 5.11 Å². The quantitative estimate of drug-likeness (QED) is 0.667. The predicted octanol–water partition coefficient (Wildman–Crippen LogP) is 0.530. The minimum Gasteiger partial charge on any atom is -0.388 e. The molecule has 2 aromatic heterocycles. The molecule has 0 aliphatic rings. The summed E-state index contributed by atoms with van der Waals surface area (Å²) < 4.78 is 1.79. The lowest BCUT2D eigenvalue weighted by Crippen LogP contribution is -1.93. The van der Waals surface area contributed by atoms with Crippen molar-refractivity contribution in [3.05, 3.63) is 29.7 Å². The van der Waals surface area contributed by atoms with E-state index in [1.54, 1.807) is 4.40 Å². The van der Waals surface area contributed by atoms with Crippen LogP contribution in [-0.2, 0) is 6.61 Å². The van der Waals surface area contributed by atoms with E-state index < -0.39 is 0 Å². The Bertz CT molecular complexity index is 408. The number of aliphatic hydroxyl groups excluding tert-OH is 1. The van der Waals surface area contributed by atoms with Crippen molar-refractivity contribution in [2.24, 2.45) is 0 Å². The van der Waals surface area contributed by atoms with E-state index in [-0.39, 0.29) is 6.61 Å². The second kappa shape index (κ2) is 2.57. The van der Waals surface area contributed by atoms with Crippen LogP contribution in [0, 0.1) is 6.92 Å². The van der Waals surface area contributed by atoms with E-state index in [9.17, 15) is 0 Å². The molecular weight excluding hydrogens is 154 g/mol. The highest BCUT2D eigenvalue weighted by atomic mass is 16.3. The lowest BCUT2D eigenvalue weighted by molar-refractivity contribution is 0.270. The summed E-state index contributed by atoms with van der Waals surface area (Å²) in [5, 5.41) is 16.6. The van der Waals surface area contributed by atoms with Crippen LogP contribution in [0.15, 0.2) is 18.3 Å². The van der Waals surface area contributed by atoms with Crippen LogP contribution in [0.2, 0.25) is 0 Å². The van der Waals surface area contributed by atoms with Crippen molar-refractivity contribution >= 4 is 5.65 Å². The molecule has 4 heteroatoms. The Morgan fingerprint density at radius 3 is 3.00 bits per heavy atom. The monoisotopic (exact) mass is 163 g/mol. The molecule has 0 saturated heterocycles. The molecule has 0 radical (unpaired) electrons. The van der Waals surface area contributed by atoms with Crippen molar-refractivity contribution < 1.29 is 5.11 Å². The Hall–Kier alpha value is -1.42. The van der Waals surface area contributed by atoms with Crippen molar-refractivity contribution in [1.82, 2.24) is 14.6 Å². The number of rotatable bonds is 1. The van der Waals surface area contributed by atoms with Gasteiger partial charge in [-0.15, -0.1) is 10.2 Å². The smallest absolute Gasteiger partial charge is 0.163 e. The van der Waals surface area contributed by atoms with Gasteiger partial charge in [-0.2, -0.15) is 0 Å². The maximum atomic E-state index is 8.89. The van der Waals surface area contributed by atoms with E-state index in [2.05, 4.69) is 10.2 Å². The van der Waals surface area contributed by atoms with E-state index >= 15 is 0 Å². The standard InChI is InChI=1S/C8H9N3O/c1-6-2-3-7-9-10-8(5-12)11(7)4-6/h2-4,12H,5H2,1H3. The largest absolute Gasteiger partial charge is 0.388 e. The topological polar surface area (TPSA) is 50.4 Å². The van der Waals surface area contributed by atoms with Crippen molar-refractivity contribution in [3.8, 4) is 0 Å². The van der Waals surface area contributed by atoms with Crippen LogP contribution in [0.4, 0.5) is 0 Å². The summed E-state index contributed by atoms with van der Waals surface area (Å²) in [5.74, 6) is 0.578. The molecule has 0 unspecified atom stereocenters. The summed E-state index contributed by atoms with van der Waals surface area (Å²) in [7, 11) is 0. The van der Waals surface area contributed by atoms with Gasteiger partial charge in [0.05, 0.1) is 0 Å². The zero-order chi connectivity index (χ0) is 8.55. The molecular formula is C8H9N3O. The van der Waals surface area contributed by atoms with Crippen molar-refractivity contribution in [1.29, 1.82) is 0 Å². The van der Waals surface area contributed by atoms with Gasteiger partial charge in [-0.3, -0.25) is 4.40 Å². The Balaban J connectivity index is 2.75. The molecule has 0 fully saturated rings. The summed E-state index contributed by atoms with van der Waals surface area (Å²) in [4.78, 5) is 0. The van der Waals surface area contributed by atoms with Crippen LogP contribution in [0.25, 0.3) is 5.65 Å². The fourth-order valence-corrected chi connectivity index (χ4v) is 1.15. The maximum Gasteiger partial charge on any atom is 0.163 e. The van der Waals surface area contributed by atoms with Crippen LogP contribution in [0.1, 0.15) is 11.4 Å². The van der Waals surface area contributed by atoms with Crippen LogP contribution in [0.5, 0.6) is 0 Å². The Morgan fingerprint density at radius 1 is 1.42 bits per heavy atom. The summed E-state index contributed by atoms with van der Waals surface area (Å²) in [6.45, 7) is 1.91. The van der Waals surface area contributed by atoms with Crippen molar-refractivity contribution in [2.45, 2.75) is 13.5 Å². The summed E-state index contributed by atoms with van der Waals surface area (Å²) in [6, 6.07) is 3.84. The highest BCUT2D eigenvalue weighted by Crippen LogP contribution is 2.05. The van der Waals surface area contributed by atoms with E-state index in [1.165, 1.54) is 0 Å². The summed E-state index contributed by atoms with van der Waals surface area (Å²) >= 11 is 0. The summed E-state index contributed by atoms with van der Waals surface area (Å²) in [6.07, 6.45) is 1.90. The van der Waals surface area contributed by atoms with Gasteiger partial charge in [0.15, 0.2) is 11.5 Å². The minimum absolute atomic E-state index is 0.0788. The fraction of sp³-hybridized carbons (Fsp3) is 0.250. The van der Waals surface area contributed by atoms with Gasteiger partial charge in [0.2, 0.25) is 0 Å². The first-order valence-corrected chi connectivity index (χ1v) is 3.72. The number of aliphatic hydroxyl groups is 1. The number of hydrogen-bond acceptors (Lipinski definition) is 3. The molecule has 2 rings (SSSR count). The first-order chi connectivity index (χ1) is 5.81. The normalized spacial score (nSPS) is 10.8. The van der Waals surface area contributed by atoms with Crippen molar-refractivity contribution in [3.63, 3.8) is 0 Å². The molecule has 0 aliphatic carbocycles. The van der Waals surface area contributed by atoms with Gasteiger partial charge in [0, 0.05) is 6.20 Å². The maximum absolute atomic E-state index is 8.89. The Morgan fingerprint density at radius 2 is 2.25 bits per heavy atom. The Kier molecular flexibility index (Phi) is 1.55. The molecule has 0 spiro atoms. The van der Waals surface area contributed by atoms with E-state index in [4.69, 9.17) is 5.11 Å². The zero-order valence-corrected chi connectivity index (χ0v) is 6.73. The molecule has 2 aromatic rings. The molecule has 1 N–H and O–H groups in total. The molecule has 62 valence electrons. The van der Waals surface area contributed by atoms with Crippen molar-refractivity contribution in [2.75, 3.05) is 0 Å². The minimum atomic E-state index is -0.0788. The molecule has 12 heavy (non-hydrogen) atoms. The first kappa shape index (κ1) is 7.24. The van der Waals surface area contributed by atoms with Crippen LogP contribution >= 0.6 is 0 Å². The number of fused-ring (bicyclic) bond motifs is 1. The van der Waals surface area contributed by atoms with Gasteiger partial charge in [0.25, 0.3) is 0 Å². The molecule has 0 amide bonds. The average molecular weight is 163 g/mol. The van der Waals surface area contributed by atoms with Crippen LogP contribution in [-0.4, -0.2) is 19.7 Å². The van der Waals surface area contributed by atoms with Gasteiger partial charge in [-0.1, -0.05) is 6.07 Å².